The van der Waals surface area contributed by atoms with Gasteiger partial charge in [-0.25, -0.2) is 4.68 Å². The molecule has 1 aromatic heterocycles. The van der Waals surface area contributed by atoms with E-state index < -0.39 is 6.04 Å². The maximum Gasteiger partial charge on any atom is 0.242 e. The second kappa shape index (κ2) is 6.15. The zero-order chi connectivity index (χ0) is 13.7. The minimum Gasteiger partial charge on any atom is -0.320 e. The highest BCUT2D eigenvalue weighted by atomic mass is 16.2. The summed E-state index contributed by atoms with van der Waals surface area (Å²) in [6.07, 6.45) is 2.18. The molecule has 5 heteroatoms. The summed E-state index contributed by atoms with van der Waals surface area (Å²) in [6, 6.07) is 10.9. The number of amides is 1. The molecule has 0 spiro atoms. The molecular formula is C14H18N4O. The highest BCUT2D eigenvalue weighted by Crippen LogP contribution is 2.08. The van der Waals surface area contributed by atoms with Crippen LogP contribution in [0.5, 0.6) is 0 Å². The maximum absolute atomic E-state index is 12.0. The number of benzene rings is 1. The molecule has 0 aliphatic rings. The van der Waals surface area contributed by atoms with Gasteiger partial charge in [-0.2, -0.15) is 5.10 Å². The second-order valence-corrected chi connectivity index (χ2v) is 4.32. The van der Waals surface area contributed by atoms with Crippen LogP contribution >= 0.6 is 0 Å². The van der Waals surface area contributed by atoms with Crippen molar-refractivity contribution in [3.63, 3.8) is 0 Å². The molecule has 0 aliphatic carbocycles. The molecule has 3 N–H and O–H groups in total. The molecule has 0 saturated heterocycles. The van der Waals surface area contributed by atoms with Gasteiger partial charge in [-0.05, 0) is 18.9 Å². The fraction of sp³-hybridized carbons (Fsp3) is 0.286. The van der Waals surface area contributed by atoms with Gasteiger partial charge in [0.25, 0.3) is 0 Å². The van der Waals surface area contributed by atoms with Crippen molar-refractivity contribution >= 4 is 11.7 Å². The van der Waals surface area contributed by atoms with E-state index in [0.29, 0.717) is 18.8 Å². The van der Waals surface area contributed by atoms with E-state index >= 15 is 0 Å². The van der Waals surface area contributed by atoms with Gasteiger partial charge >= 0.3 is 0 Å². The molecule has 0 fully saturated rings. The third kappa shape index (κ3) is 3.42. The van der Waals surface area contributed by atoms with Crippen molar-refractivity contribution < 1.29 is 4.79 Å². The van der Waals surface area contributed by atoms with Gasteiger partial charge in [-0.15, -0.1) is 0 Å². The van der Waals surface area contributed by atoms with E-state index in [2.05, 4.69) is 10.4 Å². The van der Waals surface area contributed by atoms with Crippen molar-refractivity contribution in [1.29, 1.82) is 0 Å². The number of hydrogen-bond acceptors (Lipinski definition) is 3. The lowest BCUT2D eigenvalue weighted by Gasteiger charge is -2.13. The Hall–Kier alpha value is -2.14. The fourth-order valence-electron chi connectivity index (χ4n) is 1.87. The highest BCUT2D eigenvalue weighted by molar-refractivity contribution is 5.94. The average molecular weight is 258 g/mol. The molecule has 19 heavy (non-hydrogen) atoms. The molecule has 1 aromatic carbocycles. The summed E-state index contributed by atoms with van der Waals surface area (Å²) < 4.78 is 1.72. The summed E-state index contributed by atoms with van der Waals surface area (Å²) in [4.78, 5) is 12.0. The minimum absolute atomic E-state index is 0.195. The van der Waals surface area contributed by atoms with Crippen LogP contribution in [-0.2, 0) is 17.8 Å². The number of nitrogens with one attached hydrogen (secondary N) is 1. The highest BCUT2D eigenvalue weighted by Gasteiger charge is 2.15. The van der Waals surface area contributed by atoms with Gasteiger partial charge in [-0.1, -0.05) is 30.3 Å². The van der Waals surface area contributed by atoms with E-state index in [0.717, 1.165) is 5.56 Å². The number of rotatable bonds is 5. The van der Waals surface area contributed by atoms with Crippen molar-refractivity contribution in [3.05, 3.63) is 48.2 Å². The van der Waals surface area contributed by atoms with Gasteiger partial charge < -0.3 is 11.1 Å². The Labute approximate surface area is 112 Å². The van der Waals surface area contributed by atoms with E-state index in [9.17, 15) is 4.79 Å². The van der Waals surface area contributed by atoms with Gasteiger partial charge in [0.15, 0.2) is 0 Å². The molecule has 0 saturated carbocycles. The summed E-state index contributed by atoms with van der Waals surface area (Å²) in [5.41, 5.74) is 6.97. The molecule has 5 nitrogen and oxygen atoms in total. The van der Waals surface area contributed by atoms with E-state index in [-0.39, 0.29) is 5.91 Å². The SMILES string of the molecule is CCn1nccc1NC(=O)C(N)Cc1ccccc1. The number of nitrogens with zero attached hydrogens (tertiary/aromatic N) is 2. The van der Waals surface area contributed by atoms with E-state index in [1.165, 1.54) is 0 Å². The van der Waals surface area contributed by atoms with Gasteiger partial charge in [-0.3, -0.25) is 4.79 Å². The quantitative estimate of drug-likeness (QED) is 0.851. The largest absolute Gasteiger partial charge is 0.320 e. The Morgan fingerprint density at radius 2 is 2.11 bits per heavy atom. The van der Waals surface area contributed by atoms with Crippen LogP contribution in [0.4, 0.5) is 5.82 Å². The molecule has 0 aliphatic heterocycles. The third-order valence-electron chi connectivity index (χ3n) is 2.90. The van der Waals surface area contributed by atoms with Gasteiger partial charge in [0, 0.05) is 12.6 Å². The predicted molar refractivity (Wildman–Crippen MR) is 74.7 cm³/mol. The topological polar surface area (TPSA) is 72.9 Å². The summed E-state index contributed by atoms with van der Waals surface area (Å²) in [7, 11) is 0. The number of anilines is 1. The maximum atomic E-state index is 12.0. The number of carbonyl (C=O) groups is 1. The summed E-state index contributed by atoms with van der Waals surface area (Å²) >= 11 is 0. The van der Waals surface area contributed by atoms with Crippen molar-refractivity contribution in [2.75, 3.05) is 5.32 Å². The molecule has 100 valence electrons. The smallest absolute Gasteiger partial charge is 0.242 e. The minimum atomic E-state index is -0.567. The van der Waals surface area contributed by atoms with Crippen LogP contribution in [-0.4, -0.2) is 21.7 Å². The summed E-state index contributed by atoms with van der Waals surface area (Å²) in [5.74, 6) is 0.482. The predicted octanol–water partition coefficient (Wildman–Crippen LogP) is 1.41. The van der Waals surface area contributed by atoms with Crippen LogP contribution in [0.3, 0.4) is 0 Å². The lowest BCUT2D eigenvalue weighted by atomic mass is 10.1. The van der Waals surface area contributed by atoms with Gasteiger partial charge in [0.1, 0.15) is 5.82 Å². The van der Waals surface area contributed by atoms with Crippen LogP contribution in [0.1, 0.15) is 12.5 Å². The first-order chi connectivity index (χ1) is 9.20. The summed E-state index contributed by atoms with van der Waals surface area (Å²) in [5, 5.41) is 6.89. The molecular weight excluding hydrogens is 240 g/mol. The van der Waals surface area contributed by atoms with Crippen LogP contribution < -0.4 is 11.1 Å². The lowest BCUT2D eigenvalue weighted by Crippen LogP contribution is -2.37. The summed E-state index contributed by atoms with van der Waals surface area (Å²) in [6.45, 7) is 2.67. The first-order valence-corrected chi connectivity index (χ1v) is 6.33. The fourth-order valence-corrected chi connectivity index (χ4v) is 1.87. The Balaban J connectivity index is 1.96. The number of hydrogen-bond donors (Lipinski definition) is 2. The number of nitrogens with two attached hydrogens (primary N) is 1. The molecule has 0 bridgehead atoms. The standard InChI is InChI=1S/C14H18N4O/c1-2-18-13(8-9-16-18)17-14(19)12(15)10-11-6-4-3-5-7-11/h3-9,12H,2,10,15H2,1H3,(H,17,19). The molecule has 1 unspecified atom stereocenters. The zero-order valence-electron chi connectivity index (χ0n) is 10.9. The van der Waals surface area contributed by atoms with Crippen molar-refractivity contribution in [1.82, 2.24) is 9.78 Å². The van der Waals surface area contributed by atoms with Crippen LogP contribution in [0, 0.1) is 0 Å². The molecule has 1 amide bonds. The Kier molecular flexibility index (Phi) is 4.30. The number of aromatic nitrogens is 2. The first-order valence-electron chi connectivity index (χ1n) is 6.33. The van der Waals surface area contributed by atoms with E-state index in [4.69, 9.17) is 5.73 Å². The third-order valence-corrected chi connectivity index (χ3v) is 2.90. The molecule has 0 radical (unpaired) electrons. The van der Waals surface area contributed by atoms with E-state index in [1.807, 2.05) is 37.3 Å². The monoisotopic (exact) mass is 258 g/mol. The molecule has 2 rings (SSSR count). The van der Waals surface area contributed by atoms with Crippen LogP contribution in [0.25, 0.3) is 0 Å². The Morgan fingerprint density at radius 3 is 2.79 bits per heavy atom. The first kappa shape index (κ1) is 13.3. The van der Waals surface area contributed by atoms with Crippen molar-refractivity contribution in [3.8, 4) is 0 Å². The van der Waals surface area contributed by atoms with Gasteiger partial charge in [0.05, 0.1) is 12.2 Å². The molecule has 1 atom stereocenters. The Bertz CT molecular complexity index is 535. The van der Waals surface area contributed by atoms with E-state index in [1.54, 1.807) is 16.9 Å². The second-order valence-electron chi connectivity index (χ2n) is 4.32. The van der Waals surface area contributed by atoms with Crippen LogP contribution in [0.2, 0.25) is 0 Å². The van der Waals surface area contributed by atoms with Crippen molar-refractivity contribution in [2.45, 2.75) is 25.9 Å². The Morgan fingerprint density at radius 1 is 1.37 bits per heavy atom. The molecule has 1 heterocycles. The van der Waals surface area contributed by atoms with Gasteiger partial charge in [0.2, 0.25) is 5.91 Å². The normalized spacial score (nSPS) is 12.1. The zero-order valence-corrected chi connectivity index (χ0v) is 10.9. The lowest BCUT2D eigenvalue weighted by molar-refractivity contribution is -0.117. The number of carbonyl (C=O) groups excluding carboxylic acids is 1. The molecule has 2 aromatic rings. The van der Waals surface area contributed by atoms with Crippen molar-refractivity contribution in [2.24, 2.45) is 5.73 Å². The average Bonchev–Trinajstić information content (AvgIpc) is 2.87. The number of aryl methyl sites for hydroxylation is 1. The van der Waals surface area contributed by atoms with Crippen LogP contribution in [0.15, 0.2) is 42.6 Å².